The summed E-state index contributed by atoms with van der Waals surface area (Å²) in [6.45, 7) is -3.00. The van der Waals surface area contributed by atoms with Gasteiger partial charge in [-0.1, -0.05) is 15.9 Å². The van der Waals surface area contributed by atoms with E-state index in [-0.39, 0.29) is 30.3 Å². The van der Waals surface area contributed by atoms with E-state index in [1.807, 2.05) is 0 Å². The summed E-state index contributed by atoms with van der Waals surface area (Å²) in [5, 5.41) is 8.65. The van der Waals surface area contributed by atoms with Crippen LogP contribution in [-0.4, -0.2) is 24.8 Å². The molecule has 0 bridgehead atoms. The molecule has 0 amide bonds. The second kappa shape index (κ2) is 7.38. The van der Waals surface area contributed by atoms with E-state index in [9.17, 15) is 13.6 Å². The zero-order valence-electron chi connectivity index (χ0n) is 9.12. The smallest absolute Gasteiger partial charge is 0.387 e. The fourth-order valence-corrected chi connectivity index (χ4v) is 1.69. The highest BCUT2D eigenvalue weighted by molar-refractivity contribution is 9.10. The van der Waals surface area contributed by atoms with Gasteiger partial charge in [-0.25, -0.2) is 0 Å². The molecule has 0 aliphatic rings. The maximum atomic E-state index is 12.1. The molecule has 1 rings (SSSR count). The van der Waals surface area contributed by atoms with Gasteiger partial charge < -0.3 is 27.0 Å². The van der Waals surface area contributed by atoms with Crippen molar-refractivity contribution < 1.29 is 40.6 Å². The van der Waals surface area contributed by atoms with Crippen molar-refractivity contribution in [2.45, 2.75) is 13.0 Å². The molecule has 0 fully saturated rings. The lowest BCUT2D eigenvalue weighted by atomic mass is 10.1. The summed E-state index contributed by atoms with van der Waals surface area (Å²) in [4.78, 5) is 10.6. The van der Waals surface area contributed by atoms with E-state index in [0.717, 1.165) is 0 Å². The van der Waals surface area contributed by atoms with Crippen LogP contribution in [0.3, 0.4) is 0 Å². The fraction of sp³-hybridized carbons (Fsp3) is 0.300. The number of carboxylic acid groups (broad SMARTS) is 1. The van der Waals surface area contributed by atoms with Crippen LogP contribution in [0, 0.1) is 0 Å². The van der Waals surface area contributed by atoms with Gasteiger partial charge in [0.25, 0.3) is 0 Å². The number of hydrogen-bond acceptors (Lipinski definition) is 3. The topological polar surface area (TPSA) is 55.8 Å². The first-order chi connectivity index (χ1) is 7.93. The highest BCUT2D eigenvalue weighted by atomic mass is 79.9. The zero-order valence-corrected chi connectivity index (χ0v) is 11.5. The molecule has 0 heterocycles. The summed E-state index contributed by atoms with van der Waals surface area (Å²) in [5.74, 6) is -1.16. The van der Waals surface area contributed by atoms with Gasteiger partial charge in [0.2, 0.25) is 0 Å². The van der Waals surface area contributed by atoms with Gasteiger partial charge in [-0.3, -0.25) is 4.79 Å². The van der Waals surface area contributed by atoms with Crippen molar-refractivity contribution in [3.05, 3.63) is 22.2 Å². The summed E-state index contributed by atoms with van der Waals surface area (Å²) >= 11 is 3.13. The van der Waals surface area contributed by atoms with Crippen LogP contribution in [0.25, 0.3) is 0 Å². The maximum absolute atomic E-state index is 12.1. The second-order valence-corrected chi connectivity index (χ2v) is 3.90. The summed E-state index contributed by atoms with van der Waals surface area (Å²) in [6.07, 6.45) is -0.301. The van der Waals surface area contributed by atoms with Crippen LogP contribution < -0.4 is 21.9 Å². The SMILES string of the molecule is COc1cc(Br)c(CC(=O)O)cc1OC(F)F.[Cl-]. The minimum Gasteiger partial charge on any atom is -1.00 e. The molecule has 1 aromatic rings. The van der Waals surface area contributed by atoms with E-state index in [1.54, 1.807) is 0 Å². The largest absolute Gasteiger partial charge is 1.00 e. The predicted molar refractivity (Wildman–Crippen MR) is 58.7 cm³/mol. The molecule has 4 nitrogen and oxygen atoms in total. The number of halogens is 4. The van der Waals surface area contributed by atoms with Crippen molar-refractivity contribution in [2.75, 3.05) is 7.11 Å². The van der Waals surface area contributed by atoms with Crippen LogP contribution >= 0.6 is 15.9 Å². The molecule has 18 heavy (non-hydrogen) atoms. The molecule has 0 radical (unpaired) electrons. The van der Waals surface area contributed by atoms with Crippen LogP contribution in [0.5, 0.6) is 11.5 Å². The van der Waals surface area contributed by atoms with Crippen LogP contribution in [0.2, 0.25) is 0 Å². The van der Waals surface area contributed by atoms with Gasteiger partial charge in [0, 0.05) is 4.47 Å². The highest BCUT2D eigenvalue weighted by Crippen LogP contribution is 2.34. The molecule has 0 aliphatic carbocycles. The van der Waals surface area contributed by atoms with Crippen LogP contribution in [-0.2, 0) is 11.2 Å². The Bertz CT molecular complexity index is 429. The monoisotopic (exact) mass is 345 g/mol. The fourth-order valence-electron chi connectivity index (χ4n) is 1.22. The van der Waals surface area contributed by atoms with Crippen molar-refractivity contribution in [2.24, 2.45) is 0 Å². The van der Waals surface area contributed by atoms with Gasteiger partial charge in [0.15, 0.2) is 11.5 Å². The molecule has 1 aromatic carbocycles. The van der Waals surface area contributed by atoms with E-state index in [0.29, 0.717) is 10.0 Å². The maximum Gasteiger partial charge on any atom is 0.387 e. The van der Waals surface area contributed by atoms with Crippen LogP contribution in [0.1, 0.15) is 5.56 Å². The molecular weight excluding hydrogens is 337 g/mol. The zero-order chi connectivity index (χ0) is 13.0. The lowest BCUT2D eigenvalue weighted by molar-refractivity contribution is -0.136. The number of carbonyl (C=O) groups is 1. The van der Waals surface area contributed by atoms with E-state index in [1.165, 1.54) is 19.2 Å². The lowest BCUT2D eigenvalue weighted by Gasteiger charge is -2.12. The number of rotatable bonds is 5. The molecule has 0 atom stereocenters. The molecule has 0 spiro atoms. The Morgan fingerprint density at radius 2 is 2.06 bits per heavy atom. The molecule has 102 valence electrons. The van der Waals surface area contributed by atoms with E-state index < -0.39 is 12.6 Å². The third kappa shape index (κ3) is 4.66. The van der Waals surface area contributed by atoms with Gasteiger partial charge in [-0.2, -0.15) is 8.78 Å². The Hall–Kier alpha value is -1.08. The first-order valence-electron chi connectivity index (χ1n) is 4.47. The lowest BCUT2D eigenvalue weighted by Crippen LogP contribution is -3.00. The Labute approximate surface area is 116 Å². The number of carboxylic acids is 1. The molecular formula is C10H9BrClF2O4-. The van der Waals surface area contributed by atoms with Gasteiger partial charge in [-0.15, -0.1) is 0 Å². The summed E-state index contributed by atoms with van der Waals surface area (Å²) in [6, 6.07) is 2.60. The third-order valence-corrected chi connectivity index (χ3v) is 2.63. The highest BCUT2D eigenvalue weighted by Gasteiger charge is 2.15. The molecule has 0 saturated heterocycles. The van der Waals surface area contributed by atoms with E-state index in [4.69, 9.17) is 9.84 Å². The number of methoxy groups -OCH3 is 1. The Morgan fingerprint density at radius 1 is 1.44 bits per heavy atom. The average Bonchev–Trinajstić information content (AvgIpc) is 2.21. The van der Waals surface area contributed by atoms with Crippen molar-refractivity contribution in [3.63, 3.8) is 0 Å². The number of ether oxygens (including phenoxy) is 2. The molecule has 0 saturated carbocycles. The Balaban J connectivity index is 0.00000289. The van der Waals surface area contributed by atoms with Gasteiger partial charge >= 0.3 is 12.6 Å². The first-order valence-corrected chi connectivity index (χ1v) is 5.26. The minimum atomic E-state index is -3.00. The number of benzene rings is 1. The van der Waals surface area contributed by atoms with Crippen LogP contribution in [0.4, 0.5) is 8.78 Å². The number of alkyl halides is 2. The predicted octanol–water partition coefficient (Wildman–Crippen LogP) is -0.310. The third-order valence-electron chi connectivity index (χ3n) is 1.89. The van der Waals surface area contributed by atoms with Gasteiger partial charge in [0.05, 0.1) is 13.5 Å². The molecule has 0 unspecified atom stereocenters. The molecule has 0 aromatic heterocycles. The van der Waals surface area contributed by atoms with Crippen LogP contribution in [0.15, 0.2) is 16.6 Å². The summed E-state index contributed by atoms with van der Waals surface area (Å²) < 4.78 is 33.8. The molecule has 0 aliphatic heterocycles. The van der Waals surface area contributed by atoms with Crippen molar-refractivity contribution in [1.82, 2.24) is 0 Å². The van der Waals surface area contributed by atoms with E-state index >= 15 is 0 Å². The quantitative estimate of drug-likeness (QED) is 0.795. The number of aliphatic carboxylic acids is 1. The van der Waals surface area contributed by atoms with Gasteiger partial charge in [0.1, 0.15) is 0 Å². The van der Waals surface area contributed by atoms with Crippen molar-refractivity contribution >= 4 is 21.9 Å². The molecule has 1 N–H and O–H groups in total. The standard InChI is InChI=1S/C10H9BrF2O4.ClH/c1-16-7-4-6(11)5(3-9(14)15)2-8(7)17-10(12)13;/h2,4,10H,3H2,1H3,(H,14,15);1H/p-1. The van der Waals surface area contributed by atoms with Gasteiger partial charge in [-0.05, 0) is 17.7 Å². The Morgan fingerprint density at radius 3 is 2.50 bits per heavy atom. The summed E-state index contributed by atoms with van der Waals surface area (Å²) in [5.41, 5.74) is 0.328. The van der Waals surface area contributed by atoms with Crippen molar-refractivity contribution in [1.29, 1.82) is 0 Å². The average molecular weight is 347 g/mol. The number of hydrogen-bond donors (Lipinski definition) is 1. The minimum absolute atomic E-state index is 0. The molecule has 8 heteroatoms. The van der Waals surface area contributed by atoms with E-state index in [2.05, 4.69) is 20.7 Å². The first kappa shape index (κ1) is 16.9. The summed E-state index contributed by atoms with van der Waals surface area (Å²) in [7, 11) is 1.30. The normalized spacial score (nSPS) is 9.83. The Kier molecular flexibility index (Phi) is 6.93. The second-order valence-electron chi connectivity index (χ2n) is 3.04. The van der Waals surface area contributed by atoms with Crippen molar-refractivity contribution in [3.8, 4) is 11.5 Å².